The Labute approximate surface area is 95.7 Å². The minimum atomic E-state index is 0.474. The largest absolute Gasteiger partial charge is 0.428 e. The molecule has 0 aliphatic rings. The van der Waals surface area contributed by atoms with Crippen LogP contribution in [0, 0.1) is 6.92 Å². The van der Waals surface area contributed by atoms with Crippen molar-refractivity contribution in [2.75, 3.05) is 5.73 Å². The van der Waals surface area contributed by atoms with Crippen LogP contribution in [0.25, 0.3) is 0 Å². The molecule has 0 fully saturated rings. The lowest BCUT2D eigenvalue weighted by molar-refractivity contribution is 0.475. The van der Waals surface area contributed by atoms with E-state index in [1.54, 1.807) is 18.2 Å². The number of anilines is 1. The van der Waals surface area contributed by atoms with Crippen molar-refractivity contribution in [3.05, 3.63) is 28.2 Å². The van der Waals surface area contributed by atoms with Crippen LogP contribution in [0.4, 0.5) is 5.69 Å². The van der Waals surface area contributed by atoms with Crippen LogP contribution in [0.3, 0.4) is 0 Å². The molecule has 0 amide bonds. The highest BCUT2D eigenvalue weighted by Gasteiger charge is 2.06. The second-order valence-corrected chi connectivity index (χ2v) is 4.45. The zero-order valence-electron chi connectivity index (χ0n) is 7.90. The molecule has 1 heterocycles. The molecule has 4 nitrogen and oxygen atoms in total. The number of nitrogen functional groups attached to an aromatic ring is 1. The Hall–Kier alpha value is -1.33. The minimum absolute atomic E-state index is 0.474. The quantitative estimate of drug-likeness (QED) is 0.822. The number of halogens is 1. The van der Waals surface area contributed by atoms with Gasteiger partial charge in [-0.25, -0.2) is 0 Å². The molecule has 78 valence electrons. The number of hydrogen-bond donors (Lipinski definition) is 1. The van der Waals surface area contributed by atoms with E-state index < -0.39 is 0 Å². The van der Waals surface area contributed by atoms with Gasteiger partial charge in [-0.05, 0) is 25.1 Å². The molecule has 0 aliphatic carbocycles. The molecule has 0 aliphatic heterocycles. The topological polar surface area (TPSA) is 61.0 Å². The molecular weight excluding hydrogens is 234 g/mol. The lowest BCUT2D eigenvalue weighted by Gasteiger charge is -2.04. The summed E-state index contributed by atoms with van der Waals surface area (Å²) in [5.41, 5.74) is 6.20. The minimum Gasteiger partial charge on any atom is -0.428 e. The highest BCUT2D eigenvalue weighted by Crippen LogP contribution is 2.30. The molecule has 0 unspecified atom stereocenters. The Morgan fingerprint density at radius 3 is 2.80 bits per heavy atom. The summed E-state index contributed by atoms with van der Waals surface area (Å²) in [7, 11) is 0. The molecule has 0 spiro atoms. The van der Waals surface area contributed by atoms with Crippen molar-refractivity contribution < 1.29 is 4.74 Å². The van der Waals surface area contributed by atoms with E-state index in [1.807, 2.05) is 6.92 Å². The number of benzene rings is 1. The second kappa shape index (κ2) is 4.04. The van der Waals surface area contributed by atoms with Gasteiger partial charge in [0.1, 0.15) is 5.01 Å². The highest BCUT2D eigenvalue weighted by atomic mass is 35.5. The van der Waals surface area contributed by atoms with Crippen LogP contribution in [-0.4, -0.2) is 10.2 Å². The number of rotatable bonds is 2. The van der Waals surface area contributed by atoms with Crippen LogP contribution < -0.4 is 10.5 Å². The van der Waals surface area contributed by atoms with E-state index in [1.165, 1.54) is 11.3 Å². The first-order valence-corrected chi connectivity index (χ1v) is 5.37. The van der Waals surface area contributed by atoms with Gasteiger partial charge in [0.05, 0.1) is 5.69 Å². The number of nitrogens with two attached hydrogens (primary N) is 1. The van der Waals surface area contributed by atoms with Crippen molar-refractivity contribution in [1.82, 2.24) is 10.2 Å². The third-order valence-electron chi connectivity index (χ3n) is 1.68. The predicted octanol–water partition coefficient (Wildman–Crippen LogP) is 2.87. The maximum Gasteiger partial charge on any atom is 0.299 e. The van der Waals surface area contributed by atoms with Gasteiger partial charge in [-0.1, -0.05) is 28.0 Å². The number of aromatic nitrogens is 2. The first-order chi connectivity index (χ1) is 7.15. The Morgan fingerprint density at radius 2 is 2.20 bits per heavy atom. The maximum absolute atomic E-state index is 5.76. The van der Waals surface area contributed by atoms with Gasteiger partial charge >= 0.3 is 0 Å². The van der Waals surface area contributed by atoms with Gasteiger partial charge in [-0.15, -0.1) is 5.10 Å². The van der Waals surface area contributed by atoms with Crippen LogP contribution in [0.5, 0.6) is 10.9 Å². The molecule has 1 aromatic carbocycles. The Morgan fingerprint density at radius 1 is 1.40 bits per heavy atom. The lowest BCUT2D eigenvalue weighted by Crippen LogP contribution is -1.91. The molecule has 0 atom stereocenters. The van der Waals surface area contributed by atoms with Crippen LogP contribution >= 0.6 is 22.9 Å². The lowest BCUT2D eigenvalue weighted by atomic mass is 10.3. The summed E-state index contributed by atoms with van der Waals surface area (Å²) in [4.78, 5) is 0. The van der Waals surface area contributed by atoms with Gasteiger partial charge in [0.25, 0.3) is 5.19 Å². The molecule has 0 bridgehead atoms. The van der Waals surface area contributed by atoms with Crippen LogP contribution in [-0.2, 0) is 0 Å². The molecule has 1 aromatic heterocycles. The van der Waals surface area contributed by atoms with Gasteiger partial charge in [0.15, 0.2) is 5.75 Å². The zero-order valence-corrected chi connectivity index (χ0v) is 9.47. The molecular formula is C9H8ClN3OS. The monoisotopic (exact) mass is 241 g/mol. The standard InChI is InChI=1S/C9H8ClN3OS/c1-5-12-13-9(15-5)14-8-3-2-6(10)4-7(8)11/h2-4H,11H2,1H3. The molecule has 0 radical (unpaired) electrons. The van der Waals surface area contributed by atoms with Crippen molar-refractivity contribution in [2.45, 2.75) is 6.92 Å². The number of ether oxygens (including phenoxy) is 1. The number of aryl methyl sites for hydroxylation is 1. The Balaban J connectivity index is 2.24. The fraction of sp³-hybridized carbons (Fsp3) is 0.111. The van der Waals surface area contributed by atoms with Crippen LogP contribution in [0.2, 0.25) is 5.02 Å². The molecule has 2 N–H and O–H groups in total. The summed E-state index contributed by atoms with van der Waals surface area (Å²) in [6, 6.07) is 5.04. The fourth-order valence-corrected chi connectivity index (χ4v) is 1.75. The molecule has 15 heavy (non-hydrogen) atoms. The molecule has 2 aromatic rings. The SMILES string of the molecule is Cc1nnc(Oc2ccc(Cl)cc2N)s1. The van der Waals surface area contributed by atoms with E-state index in [0.717, 1.165) is 5.01 Å². The second-order valence-electron chi connectivity index (χ2n) is 2.87. The fourth-order valence-electron chi connectivity index (χ4n) is 1.03. The predicted molar refractivity (Wildman–Crippen MR) is 60.6 cm³/mol. The van der Waals surface area contributed by atoms with Crippen molar-refractivity contribution >= 4 is 28.6 Å². The average Bonchev–Trinajstić information content (AvgIpc) is 2.56. The van der Waals surface area contributed by atoms with E-state index in [4.69, 9.17) is 22.1 Å². The Kier molecular flexibility index (Phi) is 2.75. The smallest absolute Gasteiger partial charge is 0.299 e. The van der Waals surface area contributed by atoms with E-state index in [9.17, 15) is 0 Å². The third kappa shape index (κ3) is 2.37. The summed E-state index contributed by atoms with van der Waals surface area (Å²) in [5.74, 6) is 0.538. The van der Waals surface area contributed by atoms with E-state index in [2.05, 4.69) is 10.2 Å². The van der Waals surface area contributed by atoms with Gasteiger partial charge in [0.2, 0.25) is 0 Å². The molecule has 2 rings (SSSR count). The van der Waals surface area contributed by atoms with Gasteiger partial charge in [-0.3, -0.25) is 0 Å². The normalized spacial score (nSPS) is 10.3. The highest BCUT2D eigenvalue weighted by molar-refractivity contribution is 7.13. The number of hydrogen-bond acceptors (Lipinski definition) is 5. The first kappa shape index (κ1) is 10.2. The summed E-state index contributed by atoms with van der Waals surface area (Å²) in [5, 5.41) is 9.56. The zero-order chi connectivity index (χ0) is 10.8. The van der Waals surface area contributed by atoms with Crippen molar-refractivity contribution in [3.8, 4) is 10.9 Å². The summed E-state index contributed by atoms with van der Waals surface area (Å²) in [6.07, 6.45) is 0. The third-order valence-corrected chi connectivity index (χ3v) is 2.63. The van der Waals surface area contributed by atoms with Crippen LogP contribution in [0.1, 0.15) is 5.01 Å². The van der Waals surface area contributed by atoms with E-state index >= 15 is 0 Å². The van der Waals surface area contributed by atoms with Gasteiger partial charge in [-0.2, -0.15) is 0 Å². The molecule has 0 saturated carbocycles. The van der Waals surface area contributed by atoms with Gasteiger partial charge < -0.3 is 10.5 Å². The summed E-state index contributed by atoms with van der Waals surface area (Å²) >= 11 is 7.13. The van der Waals surface area contributed by atoms with Crippen LogP contribution in [0.15, 0.2) is 18.2 Å². The summed E-state index contributed by atoms with van der Waals surface area (Å²) in [6.45, 7) is 1.86. The van der Waals surface area contributed by atoms with Crippen molar-refractivity contribution in [3.63, 3.8) is 0 Å². The maximum atomic E-state index is 5.76. The molecule has 0 saturated heterocycles. The molecule has 6 heteroatoms. The van der Waals surface area contributed by atoms with Gasteiger partial charge in [0, 0.05) is 5.02 Å². The Bertz CT molecular complexity index is 486. The number of nitrogens with zero attached hydrogens (tertiary/aromatic N) is 2. The van der Waals surface area contributed by atoms with Crippen molar-refractivity contribution in [1.29, 1.82) is 0 Å². The average molecular weight is 242 g/mol. The summed E-state index contributed by atoms with van der Waals surface area (Å²) < 4.78 is 5.45. The van der Waals surface area contributed by atoms with Crippen molar-refractivity contribution in [2.24, 2.45) is 0 Å². The van der Waals surface area contributed by atoms with E-state index in [-0.39, 0.29) is 0 Å². The first-order valence-electron chi connectivity index (χ1n) is 4.18. The van der Waals surface area contributed by atoms with E-state index in [0.29, 0.717) is 21.7 Å².